The van der Waals surface area contributed by atoms with Gasteiger partial charge in [0.1, 0.15) is 5.82 Å². The Morgan fingerprint density at radius 2 is 2.27 bits per heavy atom. The van der Waals surface area contributed by atoms with Crippen LogP contribution < -0.4 is 5.32 Å². The molecule has 0 radical (unpaired) electrons. The van der Waals surface area contributed by atoms with Crippen LogP contribution in [0.15, 0.2) is 18.2 Å². The Balaban J connectivity index is 2.16. The van der Waals surface area contributed by atoms with Crippen molar-refractivity contribution < 1.29 is 9.13 Å². The average molecular weight is 230 g/mol. The van der Waals surface area contributed by atoms with Gasteiger partial charge in [0.2, 0.25) is 0 Å². The van der Waals surface area contributed by atoms with E-state index < -0.39 is 0 Å². The van der Waals surface area contributed by atoms with E-state index in [-0.39, 0.29) is 16.9 Å². The van der Waals surface area contributed by atoms with Crippen LogP contribution in [0.5, 0.6) is 0 Å². The lowest BCUT2D eigenvalue weighted by atomic mass is 10.1. The maximum atomic E-state index is 13.0. The second-order valence-corrected chi connectivity index (χ2v) is 3.98. The molecule has 0 bridgehead atoms. The summed E-state index contributed by atoms with van der Waals surface area (Å²) in [5.74, 6) is -0.382. The molecule has 1 unspecified atom stereocenters. The minimum absolute atomic E-state index is 0.0260. The van der Waals surface area contributed by atoms with Gasteiger partial charge in [-0.05, 0) is 30.7 Å². The van der Waals surface area contributed by atoms with Crippen molar-refractivity contribution >= 4 is 11.6 Å². The molecule has 4 heteroatoms. The van der Waals surface area contributed by atoms with Crippen LogP contribution in [0.25, 0.3) is 0 Å². The molecule has 0 amide bonds. The van der Waals surface area contributed by atoms with E-state index in [0.29, 0.717) is 6.61 Å². The molecular formula is C11H13ClFNO. The lowest BCUT2D eigenvalue weighted by Gasteiger charge is -2.15. The zero-order chi connectivity index (χ0) is 10.7. The topological polar surface area (TPSA) is 21.3 Å². The van der Waals surface area contributed by atoms with Crippen molar-refractivity contribution in [2.75, 3.05) is 19.7 Å². The van der Waals surface area contributed by atoms with Crippen molar-refractivity contribution in [1.82, 2.24) is 5.32 Å². The van der Waals surface area contributed by atoms with Crippen molar-refractivity contribution in [3.05, 3.63) is 34.6 Å². The molecule has 1 aliphatic rings. The summed E-state index contributed by atoms with van der Waals surface area (Å²) in [4.78, 5) is 0. The molecular weight excluding hydrogens is 217 g/mol. The number of rotatable bonds is 1. The van der Waals surface area contributed by atoms with E-state index in [0.717, 1.165) is 25.1 Å². The van der Waals surface area contributed by atoms with E-state index in [4.69, 9.17) is 16.3 Å². The highest BCUT2D eigenvalue weighted by atomic mass is 35.5. The molecule has 1 saturated heterocycles. The highest BCUT2D eigenvalue weighted by Gasteiger charge is 2.15. The smallest absolute Gasteiger partial charge is 0.141 e. The number of nitrogens with one attached hydrogen (secondary N) is 1. The van der Waals surface area contributed by atoms with Gasteiger partial charge in [-0.25, -0.2) is 4.39 Å². The van der Waals surface area contributed by atoms with E-state index in [9.17, 15) is 4.39 Å². The molecule has 0 saturated carbocycles. The van der Waals surface area contributed by atoms with Gasteiger partial charge in [-0.15, -0.1) is 0 Å². The summed E-state index contributed by atoms with van der Waals surface area (Å²) in [6, 6.07) is 4.77. The lowest BCUT2D eigenvalue weighted by Crippen LogP contribution is -2.16. The normalized spacial score (nSPS) is 22.4. The van der Waals surface area contributed by atoms with E-state index in [2.05, 4.69) is 5.32 Å². The van der Waals surface area contributed by atoms with Crippen LogP contribution in [-0.4, -0.2) is 19.7 Å². The first-order valence-electron chi connectivity index (χ1n) is 5.04. The van der Waals surface area contributed by atoms with Crippen LogP contribution in [0.2, 0.25) is 5.02 Å². The van der Waals surface area contributed by atoms with Crippen LogP contribution in [-0.2, 0) is 4.74 Å². The quantitative estimate of drug-likeness (QED) is 0.799. The first kappa shape index (κ1) is 10.9. The van der Waals surface area contributed by atoms with Gasteiger partial charge in [0, 0.05) is 6.54 Å². The van der Waals surface area contributed by atoms with Gasteiger partial charge in [0.25, 0.3) is 0 Å². The monoisotopic (exact) mass is 229 g/mol. The molecule has 1 aromatic carbocycles. The number of halogens is 2. The van der Waals surface area contributed by atoms with Crippen LogP contribution in [0, 0.1) is 5.82 Å². The fraction of sp³-hybridized carbons (Fsp3) is 0.455. The first-order chi connectivity index (χ1) is 7.27. The molecule has 1 atom stereocenters. The summed E-state index contributed by atoms with van der Waals surface area (Å²) in [6.45, 7) is 2.46. The number of hydrogen-bond donors (Lipinski definition) is 1. The summed E-state index contributed by atoms with van der Waals surface area (Å²) in [7, 11) is 0. The Morgan fingerprint density at radius 1 is 1.40 bits per heavy atom. The molecule has 1 fully saturated rings. The van der Waals surface area contributed by atoms with Crippen molar-refractivity contribution in [3.63, 3.8) is 0 Å². The second kappa shape index (κ2) is 4.92. The number of hydrogen-bond acceptors (Lipinski definition) is 2. The Kier molecular flexibility index (Phi) is 3.57. The zero-order valence-corrected chi connectivity index (χ0v) is 9.06. The summed E-state index contributed by atoms with van der Waals surface area (Å²) in [6.07, 6.45) is 0.917. The SMILES string of the molecule is Fc1ccc(C2CCNCCO2)cc1Cl. The van der Waals surface area contributed by atoms with E-state index in [1.54, 1.807) is 12.1 Å². The van der Waals surface area contributed by atoms with E-state index in [1.165, 1.54) is 6.07 Å². The van der Waals surface area contributed by atoms with Crippen molar-refractivity contribution in [2.24, 2.45) is 0 Å². The van der Waals surface area contributed by atoms with Gasteiger partial charge in [0.05, 0.1) is 17.7 Å². The van der Waals surface area contributed by atoms with Gasteiger partial charge in [-0.1, -0.05) is 17.7 Å². The summed E-state index contributed by atoms with van der Waals surface area (Å²) in [5.41, 5.74) is 0.949. The highest BCUT2D eigenvalue weighted by molar-refractivity contribution is 6.30. The van der Waals surface area contributed by atoms with Crippen molar-refractivity contribution in [2.45, 2.75) is 12.5 Å². The fourth-order valence-electron chi connectivity index (χ4n) is 1.69. The predicted octanol–water partition coefficient (Wildman–Crippen LogP) is 2.53. The minimum atomic E-state index is -0.382. The number of benzene rings is 1. The van der Waals surface area contributed by atoms with Gasteiger partial charge in [-0.2, -0.15) is 0 Å². The lowest BCUT2D eigenvalue weighted by molar-refractivity contribution is 0.0644. The number of ether oxygens (including phenoxy) is 1. The van der Waals surface area contributed by atoms with Crippen LogP contribution in [0.4, 0.5) is 4.39 Å². The molecule has 82 valence electrons. The molecule has 0 aliphatic carbocycles. The molecule has 15 heavy (non-hydrogen) atoms. The van der Waals surface area contributed by atoms with E-state index >= 15 is 0 Å². The van der Waals surface area contributed by atoms with Crippen molar-refractivity contribution in [1.29, 1.82) is 0 Å². The van der Waals surface area contributed by atoms with Gasteiger partial charge in [0.15, 0.2) is 0 Å². The highest BCUT2D eigenvalue weighted by Crippen LogP contribution is 2.26. The third kappa shape index (κ3) is 2.68. The van der Waals surface area contributed by atoms with Crippen LogP contribution in [0.3, 0.4) is 0 Å². The third-order valence-corrected chi connectivity index (χ3v) is 2.79. The van der Waals surface area contributed by atoms with Crippen LogP contribution in [0.1, 0.15) is 18.1 Å². The molecule has 1 N–H and O–H groups in total. The third-order valence-electron chi connectivity index (χ3n) is 2.50. The van der Waals surface area contributed by atoms with Crippen LogP contribution >= 0.6 is 11.6 Å². The maximum Gasteiger partial charge on any atom is 0.141 e. The summed E-state index contributed by atoms with van der Waals surface area (Å²) < 4.78 is 18.6. The molecule has 0 spiro atoms. The second-order valence-electron chi connectivity index (χ2n) is 3.57. The Morgan fingerprint density at radius 3 is 3.07 bits per heavy atom. The maximum absolute atomic E-state index is 13.0. The van der Waals surface area contributed by atoms with Crippen molar-refractivity contribution in [3.8, 4) is 0 Å². The molecule has 1 aromatic rings. The van der Waals surface area contributed by atoms with Gasteiger partial charge < -0.3 is 10.1 Å². The van der Waals surface area contributed by atoms with Gasteiger partial charge in [-0.3, -0.25) is 0 Å². The Labute approximate surface area is 93.4 Å². The Hall–Kier alpha value is -0.640. The molecule has 0 aromatic heterocycles. The first-order valence-corrected chi connectivity index (χ1v) is 5.42. The summed E-state index contributed by atoms with van der Waals surface area (Å²) in [5, 5.41) is 3.40. The minimum Gasteiger partial charge on any atom is -0.372 e. The average Bonchev–Trinajstić information content (AvgIpc) is 2.50. The Bertz CT molecular complexity index is 337. The summed E-state index contributed by atoms with van der Waals surface area (Å²) >= 11 is 5.73. The largest absolute Gasteiger partial charge is 0.372 e. The predicted molar refractivity (Wildman–Crippen MR) is 57.6 cm³/mol. The fourth-order valence-corrected chi connectivity index (χ4v) is 1.88. The molecule has 1 aliphatic heterocycles. The van der Waals surface area contributed by atoms with Gasteiger partial charge >= 0.3 is 0 Å². The molecule has 2 rings (SSSR count). The standard InChI is InChI=1S/C11H13ClFNO/c12-9-7-8(1-2-10(9)13)11-3-4-14-5-6-15-11/h1-2,7,11,14H,3-6H2. The van der Waals surface area contributed by atoms with E-state index in [1.807, 2.05) is 0 Å². The molecule has 2 nitrogen and oxygen atoms in total. The molecule has 1 heterocycles. The zero-order valence-electron chi connectivity index (χ0n) is 8.30.